The summed E-state index contributed by atoms with van der Waals surface area (Å²) in [5.74, 6) is 0.696. The zero-order valence-electron chi connectivity index (χ0n) is 13.8. The van der Waals surface area contributed by atoms with Gasteiger partial charge in [-0.05, 0) is 49.4 Å². The lowest BCUT2D eigenvalue weighted by Crippen LogP contribution is -2.30. The van der Waals surface area contributed by atoms with Crippen molar-refractivity contribution < 1.29 is 0 Å². The number of nitrogens with one attached hydrogen (secondary N) is 2. The molecule has 2 N–H and O–H groups in total. The zero-order chi connectivity index (χ0) is 16.5. The molecule has 0 saturated heterocycles. The summed E-state index contributed by atoms with van der Waals surface area (Å²) in [7, 11) is 0. The first-order valence-corrected chi connectivity index (χ1v) is 8.55. The molecule has 0 radical (unpaired) electrons. The Hall–Kier alpha value is -2.46. The van der Waals surface area contributed by atoms with Crippen molar-refractivity contribution in [2.75, 3.05) is 0 Å². The quantitative estimate of drug-likeness (QED) is 0.775. The summed E-state index contributed by atoms with van der Waals surface area (Å²) in [6.45, 7) is 2.06. The number of aryl methyl sites for hydroxylation is 1. The van der Waals surface area contributed by atoms with E-state index in [2.05, 4.69) is 46.5 Å². The second kappa shape index (κ2) is 6.21. The average molecular weight is 319 g/mol. The monoisotopic (exact) mass is 319 g/mol. The molecule has 0 unspecified atom stereocenters. The highest BCUT2D eigenvalue weighted by Crippen LogP contribution is 2.31. The van der Waals surface area contributed by atoms with Crippen LogP contribution < -0.4 is 10.9 Å². The van der Waals surface area contributed by atoms with E-state index in [1.807, 2.05) is 18.2 Å². The maximum absolute atomic E-state index is 12.3. The zero-order valence-corrected chi connectivity index (χ0v) is 13.8. The van der Waals surface area contributed by atoms with Crippen LogP contribution >= 0.6 is 0 Å². The molecule has 0 fully saturated rings. The smallest absolute Gasteiger partial charge is 0.258 e. The highest BCUT2D eigenvalue weighted by Gasteiger charge is 2.22. The summed E-state index contributed by atoms with van der Waals surface area (Å²) in [4.78, 5) is 19.8. The Morgan fingerprint density at radius 2 is 1.96 bits per heavy atom. The van der Waals surface area contributed by atoms with Crippen molar-refractivity contribution in [3.63, 3.8) is 0 Å². The van der Waals surface area contributed by atoms with Crippen molar-refractivity contribution in [3.8, 4) is 0 Å². The maximum Gasteiger partial charge on any atom is 0.258 e. The molecule has 2 atom stereocenters. The minimum absolute atomic E-state index is 0.0153. The van der Waals surface area contributed by atoms with Gasteiger partial charge in [-0.3, -0.25) is 4.79 Å². The van der Waals surface area contributed by atoms with Gasteiger partial charge >= 0.3 is 0 Å². The third-order valence-corrected chi connectivity index (χ3v) is 4.86. The standard InChI is InChI=1S/C20H21N3O/c1-13(19-22-18-11-5-4-10-16(18)20(24)23-19)21-17-12-6-8-14-7-2-3-9-15(14)17/h2-5,7,9-11,13,17,21H,6,8,12H2,1H3,(H,22,23,24)/t13-,17-/m0/s1. The molecule has 0 amide bonds. The van der Waals surface area contributed by atoms with Crippen molar-refractivity contribution in [2.45, 2.75) is 38.3 Å². The van der Waals surface area contributed by atoms with Crippen LogP contribution in [-0.2, 0) is 6.42 Å². The van der Waals surface area contributed by atoms with Gasteiger partial charge in [0.1, 0.15) is 5.82 Å². The Balaban J connectivity index is 1.63. The largest absolute Gasteiger partial charge is 0.309 e. The minimum atomic E-state index is -0.0757. The highest BCUT2D eigenvalue weighted by molar-refractivity contribution is 5.77. The number of fused-ring (bicyclic) bond motifs is 2. The van der Waals surface area contributed by atoms with Gasteiger partial charge in [-0.1, -0.05) is 36.4 Å². The van der Waals surface area contributed by atoms with Crippen LogP contribution in [0.3, 0.4) is 0 Å². The van der Waals surface area contributed by atoms with Crippen LogP contribution in [0.4, 0.5) is 0 Å². The van der Waals surface area contributed by atoms with E-state index in [0.29, 0.717) is 17.3 Å². The Bertz CT molecular complexity index is 931. The first kappa shape index (κ1) is 15.1. The average Bonchev–Trinajstić information content (AvgIpc) is 2.62. The summed E-state index contributed by atoms with van der Waals surface area (Å²) >= 11 is 0. The third kappa shape index (κ3) is 2.74. The van der Waals surface area contributed by atoms with E-state index in [1.165, 1.54) is 17.5 Å². The number of benzene rings is 2. The second-order valence-corrected chi connectivity index (χ2v) is 6.50. The first-order valence-electron chi connectivity index (χ1n) is 8.55. The fraction of sp³-hybridized carbons (Fsp3) is 0.300. The lowest BCUT2D eigenvalue weighted by molar-refractivity contribution is 0.406. The normalized spacial score (nSPS) is 18.3. The van der Waals surface area contributed by atoms with E-state index in [9.17, 15) is 4.79 Å². The molecule has 4 nitrogen and oxygen atoms in total. The fourth-order valence-electron chi connectivity index (χ4n) is 3.62. The van der Waals surface area contributed by atoms with Crippen LogP contribution in [0.5, 0.6) is 0 Å². The van der Waals surface area contributed by atoms with E-state index in [1.54, 1.807) is 6.07 Å². The molecule has 0 aliphatic heterocycles. The van der Waals surface area contributed by atoms with Crippen LogP contribution in [0.15, 0.2) is 53.3 Å². The van der Waals surface area contributed by atoms with Crippen LogP contribution in [0.2, 0.25) is 0 Å². The predicted molar refractivity (Wildman–Crippen MR) is 96.0 cm³/mol. The van der Waals surface area contributed by atoms with Gasteiger partial charge in [0.15, 0.2) is 0 Å². The second-order valence-electron chi connectivity index (χ2n) is 6.50. The summed E-state index contributed by atoms with van der Waals surface area (Å²) in [6.07, 6.45) is 3.44. The van der Waals surface area contributed by atoms with Gasteiger partial charge in [0, 0.05) is 6.04 Å². The van der Waals surface area contributed by atoms with E-state index in [0.717, 1.165) is 18.4 Å². The van der Waals surface area contributed by atoms with Gasteiger partial charge in [0.2, 0.25) is 0 Å². The number of aromatic amines is 1. The van der Waals surface area contributed by atoms with Gasteiger partial charge in [-0.2, -0.15) is 0 Å². The molecule has 0 bridgehead atoms. The molecule has 24 heavy (non-hydrogen) atoms. The first-order chi connectivity index (χ1) is 11.7. The van der Waals surface area contributed by atoms with E-state index in [4.69, 9.17) is 0 Å². The molecule has 0 spiro atoms. The van der Waals surface area contributed by atoms with E-state index >= 15 is 0 Å². The van der Waals surface area contributed by atoms with Crippen molar-refractivity contribution >= 4 is 10.9 Å². The number of H-pyrrole nitrogens is 1. The minimum Gasteiger partial charge on any atom is -0.309 e. The van der Waals surface area contributed by atoms with Crippen molar-refractivity contribution in [1.29, 1.82) is 0 Å². The van der Waals surface area contributed by atoms with E-state index < -0.39 is 0 Å². The molecule has 1 aliphatic rings. The van der Waals surface area contributed by atoms with Crippen molar-refractivity contribution in [2.24, 2.45) is 0 Å². The topological polar surface area (TPSA) is 57.8 Å². The van der Waals surface area contributed by atoms with Crippen LogP contribution in [0, 0.1) is 0 Å². The summed E-state index contributed by atoms with van der Waals surface area (Å²) < 4.78 is 0. The van der Waals surface area contributed by atoms with Crippen LogP contribution in [0.25, 0.3) is 10.9 Å². The molecule has 0 saturated carbocycles. The Morgan fingerprint density at radius 1 is 1.17 bits per heavy atom. The molecule has 1 aliphatic carbocycles. The molecule has 1 aromatic heterocycles. The predicted octanol–water partition coefficient (Wildman–Crippen LogP) is 3.65. The number of hydrogen-bond donors (Lipinski definition) is 2. The number of rotatable bonds is 3. The third-order valence-electron chi connectivity index (χ3n) is 4.86. The highest BCUT2D eigenvalue weighted by atomic mass is 16.1. The van der Waals surface area contributed by atoms with Crippen LogP contribution in [0.1, 0.15) is 48.8 Å². The molecule has 3 aromatic rings. The van der Waals surface area contributed by atoms with Crippen molar-refractivity contribution in [1.82, 2.24) is 15.3 Å². The van der Waals surface area contributed by atoms with Gasteiger partial charge in [-0.25, -0.2) is 4.98 Å². The number of aromatic nitrogens is 2. The molecular formula is C20H21N3O. The number of hydrogen-bond acceptors (Lipinski definition) is 3. The number of para-hydroxylation sites is 1. The lowest BCUT2D eigenvalue weighted by atomic mass is 9.87. The maximum atomic E-state index is 12.3. The van der Waals surface area contributed by atoms with Gasteiger partial charge in [0.05, 0.1) is 16.9 Å². The Labute approximate surface area is 141 Å². The molecule has 4 rings (SSSR count). The van der Waals surface area contributed by atoms with Gasteiger partial charge in [-0.15, -0.1) is 0 Å². The van der Waals surface area contributed by atoms with E-state index in [-0.39, 0.29) is 11.6 Å². The number of nitrogens with zero attached hydrogens (tertiary/aromatic N) is 1. The molecule has 122 valence electrons. The molecule has 1 heterocycles. The molecule has 4 heteroatoms. The lowest BCUT2D eigenvalue weighted by Gasteiger charge is -2.29. The Morgan fingerprint density at radius 3 is 2.88 bits per heavy atom. The fourth-order valence-corrected chi connectivity index (χ4v) is 3.62. The molecular weight excluding hydrogens is 298 g/mol. The van der Waals surface area contributed by atoms with Gasteiger partial charge in [0.25, 0.3) is 5.56 Å². The molecule has 2 aromatic carbocycles. The summed E-state index contributed by atoms with van der Waals surface area (Å²) in [6, 6.07) is 16.4. The Kier molecular flexibility index (Phi) is 3.90. The van der Waals surface area contributed by atoms with Crippen LogP contribution in [-0.4, -0.2) is 9.97 Å². The summed E-state index contributed by atoms with van der Waals surface area (Å²) in [5, 5.41) is 4.29. The van der Waals surface area contributed by atoms with Crippen molar-refractivity contribution in [3.05, 3.63) is 75.8 Å². The van der Waals surface area contributed by atoms with Gasteiger partial charge < -0.3 is 10.3 Å². The summed E-state index contributed by atoms with van der Waals surface area (Å²) in [5.41, 5.74) is 3.47. The SMILES string of the molecule is C[C@H](N[C@H]1CCCc2ccccc21)c1nc2ccccc2c(=O)[nH]1.